The number of halogens is 1. The fourth-order valence-corrected chi connectivity index (χ4v) is 3.83. The molecule has 1 aromatic heterocycles. The highest BCUT2D eigenvalue weighted by molar-refractivity contribution is 7.89. The molecule has 130 valence electrons. The zero-order chi connectivity index (χ0) is 18.2. The normalized spacial score (nSPS) is 11.8. The average Bonchev–Trinajstić information content (AvgIpc) is 2.92. The number of rotatable bonds is 5. The van der Waals surface area contributed by atoms with Crippen LogP contribution in [-0.4, -0.2) is 14.2 Å². The minimum atomic E-state index is -4.03. The van der Waals surface area contributed by atoms with Crippen molar-refractivity contribution in [1.29, 1.82) is 0 Å². The number of hydrogen-bond donors (Lipinski definition) is 1. The predicted molar refractivity (Wildman–Crippen MR) is 96.5 cm³/mol. The molecule has 0 saturated carbocycles. The van der Waals surface area contributed by atoms with Crippen molar-refractivity contribution in [1.82, 2.24) is 0 Å². The van der Waals surface area contributed by atoms with Gasteiger partial charge in [-0.15, -0.1) is 0 Å². The molecule has 0 atom stereocenters. The minimum Gasteiger partial charge on any atom is -0.460 e. The maximum atomic E-state index is 13.1. The number of carbonyl (C=O) groups excluding carboxylic acids is 1. The third-order valence-electron chi connectivity index (χ3n) is 3.87. The molecule has 0 aliphatic heterocycles. The van der Waals surface area contributed by atoms with Crippen LogP contribution in [0.1, 0.15) is 35.0 Å². The summed E-state index contributed by atoms with van der Waals surface area (Å²) in [4.78, 5) is 12.8. The summed E-state index contributed by atoms with van der Waals surface area (Å²) < 4.78 is 29.1. The van der Waals surface area contributed by atoms with Crippen LogP contribution in [-0.2, 0) is 16.4 Å². The highest BCUT2D eigenvalue weighted by Crippen LogP contribution is 2.30. The Labute approximate surface area is 150 Å². The van der Waals surface area contributed by atoms with E-state index in [0.717, 1.165) is 6.42 Å². The van der Waals surface area contributed by atoms with E-state index in [9.17, 15) is 13.2 Å². The lowest BCUT2D eigenvalue weighted by Gasteiger charge is -2.06. The molecule has 0 spiro atoms. The summed E-state index contributed by atoms with van der Waals surface area (Å²) in [6, 6.07) is 11.3. The molecule has 5 nitrogen and oxygen atoms in total. The second-order valence-corrected chi connectivity index (χ2v) is 7.60. The van der Waals surface area contributed by atoms with Crippen molar-refractivity contribution in [2.45, 2.75) is 24.7 Å². The predicted octanol–water partition coefficient (Wildman–Crippen LogP) is 3.92. The van der Waals surface area contributed by atoms with E-state index in [4.69, 9.17) is 21.2 Å². The number of sulfonamides is 1. The Kier molecular flexibility index (Phi) is 4.69. The van der Waals surface area contributed by atoms with Gasteiger partial charge in [0.1, 0.15) is 16.2 Å². The number of hydrogen-bond acceptors (Lipinski definition) is 4. The zero-order valence-electron chi connectivity index (χ0n) is 13.5. The number of ketones is 1. The number of para-hydroxylation sites is 1. The standard InChI is InChI=1S/C18H16ClNO4S/c1-2-5-15-17(12-6-3-4-7-14(12)24-15)18(21)11-8-9-13(19)16(10-11)25(20,22)23/h3-4,6-10H,2,5H2,1H3,(H2,20,22,23). The van der Waals surface area contributed by atoms with E-state index < -0.39 is 10.0 Å². The van der Waals surface area contributed by atoms with Gasteiger partial charge in [0.15, 0.2) is 5.78 Å². The molecule has 0 unspecified atom stereocenters. The lowest BCUT2D eigenvalue weighted by Crippen LogP contribution is -2.14. The summed E-state index contributed by atoms with van der Waals surface area (Å²) in [7, 11) is -4.03. The molecule has 3 aromatic rings. The van der Waals surface area contributed by atoms with Gasteiger partial charge in [0.05, 0.1) is 10.6 Å². The molecule has 3 rings (SSSR count). The van der Waals surface area contributed by atoms with Gasteiger partial charge in [0, 0.05) is 17.4 Å². The van der Waals surface area contributed by atoms with Gasteiger partial charge in [-0.25, -0.2) is 13.6 Å². The number of carbonyl (C=O) groups is 1. The first-order chi connectivity index (χ1) is 11.8. The van der Waals surface area contributed by atoms with Crippen molar-refractivity contribution in [3.05, 3.63) is 64.4 Å². The van der Waals surface area contributed by atoms with Crippen molar-refractivity contribution < 1.29 is 17.6 Å². The number of aryl methyl sites for hydroxylation is 1. The molecule has 7 heteroatoms. The Bertz CT molecular complexity index is 1070. The molecule has 0 amide bonds. The van der Waals surface area contributed by atoms with Gasteiger partial charge in [-0.1, -0.05) is 36.7 Å². The van der Waals surface area contributed by atoms with Crippen LogP contribution in [0.4, 0.5) is 0 Å². The highest BCUT2D eigenvalue weighted by atomic mass is 35.5. The number of furan rings is 1. The van der Waals surface area contributed by atoms with E-state index in [1.165, 1.54) is 18.2 Å². The van der Waals surface area contributed by atoms with E-state index in [1.807, 2.05) is 25.1 Å². The van der Waals surface area contributed by atoms with Crippen LogP contribution >= 0.6 is 11.6 Å². The summed E-state index contributed by atoms with van der Waals surface area (Å²) in [5.74, 6) is 0.260. The van der Waals surface area contributed by atoms with Crippen molar-refractivity contribution in [3.8, 4) is 0 Å². The average molecular weight is 378 g/mol. The fourth-order valence-electron chi connectivity index (χ4n) is 2.76. The van der Waals surface area contributed by atoms with E-state index in [1.54, 1.807) is 6.07 Å². The van der Waals surface area contributed by atoms with Gasteiger partial charge in [-0.05, 0) is 30.7 Å². The summed E-state index contributed by atoms with van der Waals surface area (Å²) in [5, 5.41) is 5.85. The third kappa shape index (κ3) is 3.33. The van der Waals surface area contributed by atoms with Crippen molar-refractivity contribution in [2.75, 3.05) is 0 Å². The quantitative estimate of drug-likeness (QED) is 0.682. The van der Waals surface area contributed by atoms with Crippen LogP contribution < -0.4 is 5.14 Å². The van der Waals surface area contributed by atoms with Gasteiger partial charge in [-0.2, -0.15) is 0 Å². The van der Waals surface area contributed by atoms with E-state index >= 15 is 0 Å². The van der Waals surface area contributed by atoms with E-state index in [0.29, 0.717) is 28.7 Å². The molecule has 0 radical (unpaired) electrons. The SMILES string of the molecule is CCCc1oc2ccccc2c1C(=O)c1ccc(Cl)c(S(N)(=O)=O)c1. The highest BCUT2D eigenvalue weighted by Gasteiger charge is 2.23. The number of fused-ring (bicyclic) bond motifs is 1. The van der Waals surface area contributed by atoms with Crippen LogP contribution in [0.5, 0.6) is 0 Å². The van der Waals surface area contributed by atoms with Crippen LogP contribution in [0.2, 0.25) is 5.02 Å². The van der Waals surface area contributed by atoms with Crippen LogP contribution in [0, 0.1) is 0 Å². The lowest BCUT2D eigenvalue weighted by molar-refractivity contribution is 0.103. The second-order valence-electron chi connectivity index (χ2n) is 5.67. The molecular formula is C18H16ClNO4S. The van der Waals surface area contributed by atoms with Gasteiger partial charge in [0.2, 0.25) is 10.0 Å². The fraction of sp³-hybridized carbons (Fsp3) is 0.167. The van der Waals surface area contributed by atoms with E-state index in [-0.39, 0.29) is 21.3 Å². The number of nitrogens with two attached hydrogens (primary N) is 1. The van der Waals surface area contributed by atoms with Gasteiger partial charge in [0.25, 0.3) is 0 Å². The molecule has 1 heterocycles. The maximum absolute atomic E-state index is 13.1. The second kappa shape index (κ2) is 6.63. The molecule has 0 aliphatic carbocycles. The van der Waals surface area contributed by atoms with Gasteiger partial charge < -0.3 is 4.42 Å². The molecule has 2 aromatic carbocycles. The molecular weight excluding hydrogens is 362 g/mol. The molecule has 25 heavy (non-hydrogen) atoms. The van der Waals surface area contributed by atoms with Gasteiger partial charge in [-0.3, -0.25) is 4.79 Å². The van der Waals surface area contributed by atoms with Crippen molar-refractivity contribution in [2.24, 2.45) is 5.14 Å². The number of benzene rings is 2. The zero-order valence-corrected chi connectivity index (χ0v) is 15.0. The Hall–Kier alpha value is -2.15. The number of primary sulfonamides is 1. The van der Waals surface area contributed by atoms with Crippen molar-refractivity contribution in [3.63, 3.8) is 0 Å². The third-order valence-corrected chi connectivity index (χ3v) is 5.26. The Morgan fingerprint density at radius 2 is 1.92 bits per heavy atom. The van der Waals surface area contributed by atoms with Crippen LogP contribution in [0.15, 0.2) is 51.8 Å². The van der Waals surface area contributed by atoms with E-state index in [2.05, 4.69) is 0 Å². The largest absolute Gasteiger partial charge is 0.460 e. The Morgan fingerprint density at radius 1 is 1.20 bits per heavy atom. The topological polar surface area (TPSA) is 90.4 Å². The maximum Gasteiger partial charge on any atom is 0.239 e. The van der Waals surface area contributed by atoms with Crippen LogP contribution in [0.3, 0.4) is 0 Å². The Morgan fingerprint density at radius 3 is 2.60 bits per heavy atom. The first-order valence-corrected chi connectivity index (χ1v) is 9.62. The first kappa shape index (κ1) is 17.7. The molecule has 2 N–H and O–H groups in total. The molecule has 0 fully saturated rings. The molecule has 0 aliphatic rings. The van der Waals surface area contributed by atoms with Gasteiger partial charge >= 0.3 is 0 Å². The summed E-state index contributed by atoms with van der Waals surface area (Å²) in [6.07, 6.45) is 1.41. The Balaban J connectivity index is 2.19. The lowest BCUT2D eigenvalue weighted by atomic mass is 9.99. The molecule has 0 saturated heterocycles. The summed E-state index contributed by atoms with van der Waals surface area (Å²) in [6.45, 7) is 1.99. The summed E-state index contributed by atoms with van der Waals surface area (Å²) >= 11 is 5.90. The van der Waals surface area contributed by atoms with Crippen LogP contribution in [0.25, 0.3) is 11.0 Å². The minimum absolute atomic E-state index is 0.0233. The van der Waals surface area contributed by atoms with Crippen molar-refractivity contribution >= 4 is 38.4 Å². The smallest absolute Gasteiger partial charge is 0.239 e. The molecule has 0 bridgehead atoms. The summed E-state index contributed by atoms with van der Waals surface area (Å²) in [5.41, 5.74) is 1.26. The first-order valence-electron chi connectivity index (χ1n) is 7.70. The monoisotopic (exact) mass is 377 g/mol.